The molecule has 0 amide bonds. The van der Waals surface area contributed by atoms with Gasteiger partial charge in [0.15, 0.2) is 0 Å². The van der Waals surface area contributed by atoms with Gasteiger partial charge in [0.05, 0.1) is 0 Å². The Hall–Kier alpha value is -0.520. The number of terminal acetylenes is 1. The minimum absolute atomic E-state index is 0.578. The molecule has 0 saturated carbocycles. The molecule has 2 heteroatoms. The molecule has 0 aromatic heterocycles. The van der Waals surface area contributed by atoms with Gasteiger partial charge < -0.3 is 10.6 Å². The van der Waals surface area contributed by atoms with E-state index in [4.69, 9.17) is 6.42 Å². The summed E-state index contributed by atoms with van der Waals surface area (Å²) in [5, 5.41) is 7.09. The van der Waals surface area contributed by atoms with Gasteiger partial charge in [-0.05, 0) is 32.7 Å². The highest BCUT2D eigenvalue weighted by Crippen LogP contribution is 2.12. The summed E-state index contributed by atoms with van der Waals surface area (Å²) in [6.45, 7) is 4.40. The molecule has 0 aromatic carbocycles. The lowest BCUT2D eigenvalue weighted by Gasteiger charge is -2.21. The SMILES string of the molecule is C#CCCNC(C)CC1CCCCCN1. The van der Waals surface area contributed by atoms with Crippen LogP contribution in [0.5, 0.6) is 0 Å². The fourth-order valence-corrected chi connectivity index (χ4v) is 2.20. The fraction of sp³-hybridized carbons (Fsp3) is 0.846. The Morgan fingerprint density at radius 2 is 2.33 bits per heavy atom. The van der Waals surface area contributed by atoms with Crippen LogP contribution in [0.15, 0.2) is 0 Å². The number of hydrogen-bond acceptors (Lipinski definition) is 2. The molecule has 2 unspecified atom stereocenters. The van der Waals surface area contributed by atoms with E-state index in [0.29, 0.717) is 12.1 Å². The Morgan fingerprint density at radius 3 is 3.13 bits per heavy atom. The maximum Gasteiger partial charge on any atom is 0.0211 e. The van der Waals surface area contributed by atoms with E-state index in [-0.39, 0.29) is 0 Å². The zero-order chi connectivity index (χ0) is 10.9. The molecule has 1 saturated heterocycles. The van der Waals surface area contributed by atoms with E-state index in [1.807, 2.05) is 0 Å². The van der Waals surface area contributed by atoms with E-state index in [0.717, 1.165) is 13.0 Å². The largest absolute Gasteiger partial charge is 0.314 e. The van der Waals surface area contributed by atoms with Gasteiger partial charge in [0, 0.05) is 25.0 Å². The van der Waals surface area contributed by atoms with Crippen molar-refractivity contribution in [2.45, 2.75) is 57.5 Å². The van der Waals surface area contributed by atoms with Crippen LogP contribution in [0.4, 0.5) is 0 Å². The summed E-state index contributed by atoms with van der Waals surface area (Å²) in [5.41, 5.74) is 0. The molecule has 0 aromatic rings. The van der Waals surface area contributed by atoms with Crippen molar-refractivity contribution in [3.05, 3.63) is 0 Å². The van der Waals surface area contributed by atoms with Crippen molar-refractivity contribution >= 4 is 0 Å². The van der Waals surface area contributed by atoms with Crippen LogP contribution in [0.2, 0.25) is 0 Å². The van der Waals surface area contributed by atoms with Crippen LogP contribution >= 0.6 is 0 Å². The van der Waals surface area contributed by atoms with Crippen LogP contribution in [0, 0.1) is 12.3 Å². The van der Waals surface area contributed by atoms with E-state index in [9.17, 15) is 0 Å². The molecule has 86 valence electrons. The van der Waals surface area contributed by atoms with Gasteiger partial charge in [-0.3, -0.25) is 0 Å². The van der Waals surface area contributed by atoms with Crippen LogP contribution in [0.25, 0.3) is 0 Å². The highest BCUT2D eigenvalue weighted by atomic mass is 14.9. The summed E-state index contributed by atoms with van der Waals surface area (Å²) in [6, 6.07) is 1.29. The molecule has 1 aliphatic heterocycles. The van der Waals surface area contributed by atoms with Gasteiger partial charge in [0.25, 0.3) is 0 Å². The third-order valence-corrected chi connectivity index (χ3v) is 3.06. The van der Waals surface area contributed by atoms with Gasteiger partial charge in [-0.15, -0.1) is 12.3 Å². The predicted octanol–water partition coefficient (Wildman–Crippen LogP) is 1.91. The summed E-state index contributed by atoms with van der Waals surface area (Å²) in [5.74, 6) is 2.66. The second-order valence-electron chi connectivity index (χ2n) is 4.55. The summed E-state index contributed by atoms with van der Waals surface area (Å²) in [6.07, 6.45) is 12.7. The number of rotatable bonds is 5. The lowest BCUT2D eigenvalue weighted by molar-refractivity contribution is 0.406. The number of hydrogen-bond donors (Lipinski definition) is 2. The monoisotopic (exact) mass is 208 g/mol. The number of nitrogens with one attached hydrogen (secondary N) is 2. The van der Waals surface area contributed by atoms with Crippen molar-refractivity contribution in [1.82, 2.24) is 10.6 Å². The van der Waals surface area contributed by atoms with Crippen LogP contribution in [-0.2, 0) is 0 Å². The third kappa shape index (κ3) is 5.81. The summed E-state index contributed by atoms with van der Waals surface area (Å²) in [7, 11) is 0. The minimum atomic E-state index is 0.578. The van der Waals surface area contributed by atoms with Crippen LogP contribution in [-0.4, -0.2) is 25.2 Å². The highest BCUT2D eigenvalue weighted by molar-refractivity contribution is 4.85. The maximum absolute atomic E-state index is 5.22. The van der Waals surface area contributed by atoms with Crippen LogP contribution in [0.1, 0.15) is 45.4 Å². The van der Waals surface area contributed by atoms with E-state index in [1.165, 1.54) is 38.6 Å². The molecule has 1 heterocycles. The van der Waals surface area contributed by atoms with E-state index in [2.05, 4.69) is 23.5 Å². The topological polar surface area (TPSA) is 24.1 Å². The Morgan fingerprint density at radius 1 is 1.47 bits per heavy atom. The predicted molar refractivity (Wildman–Crippen MR) is 65.8 cm³/mol. The molecular formula is C13H24N2. The Kier molecular flexibility index (Phi) is 6.47. The molecule has 0 spiro atoms. The van der Waals surface area contributed by atoms with E-state index < -0.39 is 0 Å². The third-order valence-electron chi connectivity index (χ3n) is 3.06. The molecule has 1 fully saturated rings. The first-order chi connectivity index (χ1) is 7.33. The van der Waals surface area contributed by atoms with E-state index >= 15 is 0 Å². The van der Waals surface area contributed by atoms with Crippen LogP contribution in [0.3, 0.4) is 0 Å². The van der Waals surface area contributed by atoms with Crippen molar-refractivity contribution in [3.63, 3.8) is 0 Å². The average molecular weight is 208 g/mol. The van der Waals surface area contributed by atoms with Crippen molar-refractivity contribution in [3.8, 4) is 12.3 Å². The molecule has 2 N–H and O–H groups in total. The molecule has 0 bridgehead atoms. The van der Waals surface area contributed by atoms with Gasteiger partial charge in [-0.2, -0.15) is 0 Å². The molecule has 1 aliphatic rings. The first kappa shape index (κ1) is 12.5. The lowest BCUT2D eigenvalue weighted by Crippen LogP contribution is -2.37. The quantitative estimate of drug-likeness (QED) is 0.533. The summed E-state index contributed by atoms with van der Waals surface area (Å²) >= 11 is 0. The van der Waals surface area contributed by atoms with Crippen molar-refractivity contribution in [2.24, 2.45) is 0 Å². The van der Waals surface area contributed by atoms with Gasteiger partial charge in [0.1, 0.15) is 0 Å². The molecule has 2 atom stereocenters. The van der Waals surface area contributed by atoms with Gasteiger partial charge in [-0.25, -0.2) is 0 Å². The first-order valence-electron chi connectivity index (χ1n) is 6.23. The molecule has 15 heavy (non-hydrogen) atoms. The normalized spacial score (nSPS) is 24.1. The second-order valence-corrected chi connectivity index (χ2v) is 4.55. The van der Waals surface area contributed by atoms with Gasteiger partial charge in [-0.1, -0.05) is 12.8 Å². The molecular weight excluding hydrogens is 184 g/mol. The van der Waals surface area contributed by atoms with Gasteiger partial charge in [0.2, 0.25) is 0 Å². The Bertz CT molecular complexity index is 187. The average Bonchev–Trinajstić information content (AvgIpc) is 2.47. The molecule has 0 aliphatic carbocycles. The maximum atomic E-state index is 5.22. The second kappa shape index (κ2) is 7.73. The Labute approximate surface area is 94.2 Å². The minimum Gasteiger partial charge on any atom is -0.314 e. The first-order valence-corrected chi connectivity index (χ1v) is 6.23. The molecule has 0 radical (unpaired) electrons. The summed E-state index contributed by atoms with van der Waals surface area (Å²) in [4.78, 5) is 0. The summed E-state index contributed by atoms with van der Waals surface area (Å²) < 4.78 is 0. The van der Waals surface area contributed by atoms with Crippen molar-refractivity contribution in [2.75, 3.05) is 13.1 Å². The van der Waals surface area contributed by atoms with Crippen molar-refractivity contribution in [1.29, 1.82) is 0 Å². The van der Waals surface area contributed by atoms with Crippen molar-refractivity contribution < 1.29 is 0 Å². The zero-order valence-corrected chi connectivity index (χ0v) is 9.89. The zero-order valence-electron chi connectivity index (χ0n) is 9.89. The Balaban J connectivity index is 2.12. The van der Waals surface area contributed by atoms with Crippen LogP contribution < -0.4 is 10.6 Å². The lowest BCUT2D eigenvalue weighted by atomic mass is 10.0. The molecule has 2 nitrogen and oxygen atoms in total. The standard InChI is InChI=1S/C13H24N2/c1-3-4-9-14-12(2)11-13-8-6-5-7-10-15-13/h1,12-15H,4-11H2,2H3. The fourth-order valence-electron chi connectivity index (χ4n) is 2.20. The van der Waals surface area contributed by atoms with E-state index in [1.54, 1.807) is 0 Å². The van der Waals surface area contributed by atoms with Gasteiger partial charge >= 0.3 is 0 Å². The molecule has 1 rings (SSSR count). The smallest absolute Gasteiger partial charge is 0.0211 e. The highest BCUT2D eigenvalue weighted by Gasteiger charge is 2.13.